The largest absolute Gasteiger partial charge is 0.467 e. The first-order chi connectivity index (χ1) is 6.88. The molecule has 2 aromatic rings. The topological polar surface area (TPSA) is 64.1 Å². The van der Waals surface area contributed by atoms with E-state index in [1.54, 1.807) is 17.1 Å². The molecule has 2 heterocycles. The molecule has 0 radical (unpaired) electrons. The third kappa shape index (κ3) is 2.00. The zero-order chi connectivity index (χ0) is 9.80. The molecule has 5 heteroatoms. The number of furan rings is 1. The second-order valence-corrected chi connectivity index (χ2v) is 2.96. The zero-order valence-corrected chi connectivity index (χ0v) is 7.63. The zero-order valence-electron chi connectivity index (χ0n) is 7.63. The molecule has 5 nitrogen and oxygen atoms in total. The summed E-state index contributed by atoms with van der Waals surface area (Å²) in [7, 11) is 0. The maximum atomic E-state index is 8.69. The van der Waals surface area contributed by atoms with Gasteiger partial charge in [-0.1, -0.05) is 5.21 Å². The van der Waals surface area contributed by atoms with E-state index in [-0.39, 0.29) is 6.61 Å². The molecule has 0 aromatic carbocycles. The summed E-state index contributed by atoms with van der Waals surface area (Å²) >= 11 is 0. The van der Waals surface area contributed by atoms with E-state index in [1.807, 2.05) is 12.1 Å². The molecule has 0 aliphatic heterocycles. The van der Waals surface area contributed by atoms with Crippen LogP contribution >= 0.6 is 0 Å². The molecular formula is C9H11N3O2. The summed E-state index contributed by atoms with van der Waals surface area (Å²) in [6.07, 6.45) is 3.97. The number of aliphatic hydroxyl groups excluding tert-OH is 1. The van der Waals surface area contributed by atoms with Crippen molar-refractivity contribution in [2.75, 3.05) is 6.61 Å². The molecule has 0 fully saturated rings. The number of aromatic nitrogens is 3. The van der Waals surface area contributed by atoms with E-state index in [2.05, 4.69) is 10.3 Å². The lowest BCUT2D eigenvalue weighted by atomic mass is 10.3. The molecule has 0 amide bonds. The molecular weight excluding hydrogens is 182 g/mol. The Hall–Kier alpha value is -1.62. The van der Waals surface area contributed by atoms with Gasteiger partial charge in [-0.3, -0.25) is 0 Å². The van der Waals surface area contributed by atoms with Gasteiger partial charge in [-0.2, -0.15) is 0 Å². The monoisotopic (exact) mass is 193 g/mol. The Morgan fingerprint density at radius 3 is 3.14 bits per heavy atom. The van der Waals surface area contributed by atoms with Crippen LogP contribution in [-0.2, 0) is 13.0 Å². The quantitative estimate of drug-likeness (QED) is 0.765. The van der Waals surface area contributed by atoms with Crippen LogP contribution in [-0.4, -0.2) is 26.7 Å². The third-order valence-electron chi connectivity index (χ3n) is 1.85. The Morgan fingerprint density at radius 2 is 2.43 bits per heavy atom. The fourth-order valence-corrected chi connectivity index (χ4v) is 1.21. The molecule has 14 heavy (non-hydrogen) atoms. The lowest BCUT2D eigenvalue weighted by Gasteiger charge is -1.94. The van der Waals surface area contributed by atoms with Gasteiger partial charge in [0.05, 0.1) is 12.0 Å². The van der Waals surface area contributed by atoms with E-state index in [0.717, 1.165) is 11.5 Å². The van der Waals surface area contributed by atoms with E-state index in [9.17, 15) is 0 Å². The molecule has 2 rings (SSSR count). The number of hydrogen-bond donors (Lipinski definition) is 1. The van der Waals surface area contributed by atoms with Crippen LogP contribution in [0.5, 0.6) is 0 Å². The smallest absolute Gasteiger partial charge is 0.125 e. The normalized spacial score (nSPS) is 10.6. The molecule has 0 unspecified atom stereocenters. The van der Waals surface area contributed by atoms with E-state index >= 15 is 0 Å². The highest BCUT2D eigenvalue weighted by Gasteiger charge is 2.01. The van der Waals surface area contributed by atoms with Gasteiger partial charge in [0.15, 0.2) is 0 Å². The molecule has 0 aliphatic carbocycles. The van der Waals surface area contributed by atoms with Gasteiger partial charge in [-0.05, 0) is 12.1 Å². The second-order valence-electron chi connectivity index (χ2n) is 2.96. The second kappa shape index (κ2) is 4.06. The van der Waals surface area contributed by atoms with Crippen molar-refractivity contribution < 1.29 is 9.52 Å². The van der Waals surface area contributed by atoms with Crippen molar-refractivity contribution in [3.8, 4) is 0 Å². The fraction of sp³-hybridized carbons (Fsp3) is 0.333. The number of aliphatic hydroxyl groups is 1. The Labute approximate surface area is 81.0 Å². The first-order valence-corrected chi connectivity index (χ1v) is 4.41. The van der Waals surface area contributed by atoms with Crippen molar-refractivity contribution >= 4 is 0 Å². The predicted octanol–water partition coefficient (Wildman–Crippen LogP) is 0.454. The summed E-state index contributed by atoms with van der Waals surface area (Å²) in [5.74, 6) is 0.838. The Balaban J connectivity index is 2.03. The number of rotatable bonds is 4. The van der Waals surface area contributed by atoms with Crippen LogP contribution in [0.15, 0.2) is 29.0 Å². The van der Waals surface area contributed by atoms with Crippen molar-refractivity contribution in [1.82, 2.24) is 15.0 Å². The van der Waals surface area contributed by atoms with E-state index < -0.39 is 0 Å². The molecule has 2 aromatic heterocycles. The van der Waals surface area contributed by atoms with Crippen LogP contribution in [0.4, 0.5) is 0 Å². The molecule has 74 valence electrons. The lowest BCUT2D eigenvalue weighted by molar-refractivity contribution is 0.298. The molecule has 0 bridgehead atoms. The van der Waals surface area contributed by atoms with Crippen LogP contribution in [0.25, 0.3) is 0 Å². The van der Waals surface area contributed by atoms with E-state index in [1.165, 1.54) is 0 Å². The highest BCUT2D eigenvalue weighted by atomic mass is 16.3. The average Bonchev–Trinajstić information content (AvgIpc) is 2.79. The molecule has 0 saturated heterocycles. The summed E-state index contributed by atoms with van der Waals surface area (Å²) < 4.78 is 6.85. The van der Waals surface area contributed by atoms with Gasteiger partial charge in [0.25, 0.3) is 0 Å². The highest BCUT2D eigenvalue weighted by Crippen LogP contribution is 2.03. The van der Waals surface area contributed by atoms with Crippen LogP contribution in [0.1, 0.15) is 11.5 Å². The maximum absolute atomic E-state index is 8.69. The van der Waals surface area contributed by atoms with Crippen LogP contribution in [0, 0.1) is 0 Å². The maximum Gasteiger partial charge on any atom is 0.125 e. The van der Waals surface area contributed by atoms with Crippen molar-refractivity contribution in [3.63, 3.8) is 0 Å². The Bertz CT molecular complexity index is 380. The summed E-state index contributed by atoms with van der Waals surface area (Å²) in [5, 5.41) is 16.5. The molecule has 0 spiro atoms. The number of nitrogens with zero attached hydrogens (tertiary/aromatic N) is 3. The molecule has 0 saturated carbocycles. The minimum absolute atomic E-state index is 0.0967. The van der Waals surface area contributed by atoms with Gasteiger partial charge in [0.1, 0.15) is 12.3 Å². The summed E-state index contributed by atoms with van der Waals surface area (Å²) in [6.45, 7) is 0.672. The van der Waals surface area contributed by atoms with Crippen LogP contribution in [0.2, 0.25) is 0 Å². The van der Waals surface area contributed by atoms with Crippen molar-refractivity contribution in [2.24, 2.45) is 0 Å². The predicted molar refractivity (Wildman–Crippen MR) is 48.6 cm³/mol. The van der Waals surface area contributed by atoms with Crippen molar-refractivity contribution in [2.45, 2.75) is 13.0 Å². The minimum atomic E-state index is 0.0967. The van der Waals surface area contributed by atoms with Gasteiger partial charge in [-0.25, -0.2) is 4.68 Å². The SMILES string of the molecule is OCCc1cn(Cc2ccco2)nn1. The first-order valence-electron chi connectivity index (χ1n) is 4.41. The van der Waals surface area contributed by atoms with E-state index in [4.69, 9.17) is 9.52 Å². The summed E-state index contributed by atoms with van der Waals surface area (Å²) in [6, 6.07) is 3.72. The summed E-state index contributed by atoms with van der Waals surface area (Å²) in [4.78, 5) is 0. The number of hydrogen-bond acceptors (Lipinski definition) is 4. The van der Waals surface area contributed by atoms with Crippen molar-refractivity contribution in [3.05, 3.63) is 36.0 Å². The van der Waals surface area contributed by atoms with Crippen molar-refractivity contribution in [1.29, 1.82) is 0 Å². The minimum Gasteiger partial charge on any atom is -0.467 e. The Morgan fingerprint density at radius 1 is 1.50 bits per heavy atom. The van der Waals surface area contributed by atoms with Gasteiger partial charge in [0, 0.05) is 19.2 Å². The average molecular weight is 193 g/mol. The third-order valence-corrected chi connectivity index (χ3v) is 1.85. The van der Waals surface area contributed by atoms with Gasteiger partial charge in [-0.15, -0.1) is 5.10 Å². The van der Waals surface area contributed by atoms with Gasteiger partial charge >= 0.3 is 0 Å². The molecule has 1 N–H and O–H groups in total. The van der Waals surface area contributed by atoms with E-state index in [0.29, 0.717) is 13.0 Å². The first kappa shape index (κ1) is 8.96. The molecule has 0 atom stereocenters. The van der Waals surface area contributed by atoms with Crippen LogP contribution < -0.4 is 0 Å². The fourth-order valence-electron chi connectivity index (χ4n) is 1.21. The lowest BCUT2D eigenvalue weighted by Crippen LogP contribution is -1.98. The highest BCUT2D eigenvalue weighted by molar-refractivity contribution is 5.00. The van der Waals surface area contributed by atoms with Gasteiger partial charge in [0.2, 0.25) is 0 Å². The van der Waals surface area contributed by atoms with Gasteiger partial charge < -0.3 is 9.52 Å². The molecule has 0 aliphatic rings. The van der Waals surface area contributed by atoms with Crippen LogP contribution in [0.3, 0.4) is 0 Å². The Kier molecular flexibility index (Phi) is 2.60. The summed E-state index contributed by atoms with van der Waals surface area (Å²) in [5.41, 5.74) is 0.791. The standard InChI is InChI=1S/C9H11N3O2/c13-4-3-8-6-12(11-10-8)7-9-2-1-5-14-9/h1-2,5-6,13H,3-4,7H2.